The van der Waals surface area contributed by atoms with Crippen LogP contribution in [-0.4, -0.2) is 21.1 Å². The van der Waals surface area contributed by atoms with Crippen LogP contribution in [0.1, 0.15) is 11.1 Å². The number of nitrogens with zero attached hydrogens (tertiary/aromatic N) is 1. The second-order valence-corrected chi connectivity index (χ2v) is 18.8. The van der Waals surface area contributed by atoms with Crippen molar-refractivity contribution in [3.05, 3.63) is 59.8 Å². The molecule has 0 saturated carbocycles. The van der Waals surface area contributed by atoms with Gasteiger partial charge < -0.3 is 0 Å². The highest BCUT2D eigenvalue weighted by molar-refractivity contribution is 7.03. The molecule has 0 fully saturated rings. The maximum Gasteiger partial charge on any atom is 0.113 e. The lowest BCUT2D eigenvalue weighted by atomic mass is 9.98. The molecule has 3 aromatic rings. The first-order valence-electron chi connectivity index (χ1n) is 9.84. The molecule has 0 atom stereocenters. The van der Waals surface area contributed by atoms with Gasteiger partial charge in [-0.1, -0.05) is 69.1 Å². The van der Waals surface area contributed by atoms with Gasteiger partial charge in [0.1, 0.15) is 8.07 Å². The fraction of sp³-hybridized carbons (Fsp3) is 0.292. The highest BCUT2D eigenvalue weighted by Gasteiger charge is 2.37. The average Bonchev–Trinajstić information content (AvgIpc) is 2.84. The first-order valence-corrected chi connectivity index (χ1v) is 16.3. The van der Waals surface area contributed by atoms with E-state index in [2.05, 4.69) is 95.2 Å². The summed E-state index contributed by atoms with van der Waals surface area (Å²) >= 11 is 0. The summed E-state index contributed by atoms with van der Waals surface area (Å²) in [6.07, 6.45) is 2.14. The molecule has 1 nitrogen and oxygen atoms in total. The van der Waals surface area contributed by atoms with Crippen LogP contribution in [0.25, 0.3) is 22.4 Å². The molecule has 1 aliphatic heterocycles. The fourth-order valence-corrected chi connectivity index (χ4v) is 9.46. The van der Waals surface area contributed by atoms with Crippen molar-refractivity contribution < 1.29 is 0 Å². The zero-order valence-electron chi connectivity index (χ0n) is 17.6. The summed E-state index contributed by atoms with van der Waals surface area (Å²) < 4.78 is 0. The van der Waals surface area contributed by atoms with Crippen LogP contribution >= 0.6 is 0 Å². The Balaban J connectivity index is 1.90. The Morgan fingerprint density at radius 3 is 2.19 bits per heavy atom. The molecule has 4 rings (SSSR count). The van der Waals surface area contributed by atoms with Crippen molar-refractivity contribution in [2.45, 2.75) is 46.6 Å². The van der Waals surface area contributed by atoms with E-state index in [1.807, 2.05) is 0 Å². The number of hydrogen-bond donors (Lipinski definition) is 0. The summed E-state index contributed by atoms with van der Waals surface area (Å²) in [6.45, 7) is 16.6. The van der Waals surface area contributed by atoms with E-state index in [0.717, 1.165) is 5.69 Å². The lowest BCUT2D eigenvalue weighted by Gasteiger charge is -2.22. The smallest absolute Gasteiger partial charge is 0.113 e. The minimum Gasteiger partial charge on any atom is -0.256 e. The molecule has 0 bridgehead atoms. The summed E-state index contributed by atoms with van der Waals surface area (Å²) in [6, 6.07) is 16.0. The number of pyridine rings is 1. The molecular formula is C24H29NSi2. The third-order valence-electron chi connectivity index (χ3n) is 6.31. The highest BCUT2D eigenvalue weighted by Crippen LogP contribution is 2.32. The molecule has 0 N–H and O–H groups in total. The molecule has 27 heavy (non-hydrogen) atoms. The molecular weight excluding hydrogens is 358 g/mol. The standard InChI is InChI=1S/C24H29NSi2/c1-16-17(2)24(25-15-23(16)26(3,4)5)18-12-13-22-20(14-18)19-10-8-9-11-21(19)27(22,6)7/h8-15H,1-7H3. The van der Waals surface area contributed by atoms with E-state index < -0.39 is 16.1 Å². The van der Waals surface area contributed by atoms with Crippen LogP contribution in [0.5, 0.6) is 0 Å². The zero-order valence-corrected chi connectivity index (χ0v) is 19.6. The molecule has 0 unspecified atom stereocenters. The van der Waals surface area contributed by atoms with Gasteiger partial charge in [0.05, 0.1) is 13.8 Å². The third kappa shape index (κ3) is 2.76. The molecule has 0 radical (unpaired) electrons. The Labute approximate surface area is 165 Å². The van der Waals surface area contributed by atoms with Crippen LogP contribution in [0.3, 0.4) is 0 Å². The summed E-state index contributed by atoms with van der Waals surface area (Å²) in [4.78, 5) is 4.94. The Morgan fingerprint density at radius 1 is 0.815 bits per heavy atom. The Bertz CT molecular complexity index is 1060. The van der Waals surface area contributed by atoms with E-state index in [1.165, 1.54) is 33.0 Å². The maximum absolute atomic E-state index is 4.94. The quantitative estimate of drug-likeness (QED) is 0.580. The second kappa shape index (κ2) is 6.01. The number of benzene rings is 2. The van der Waals surface area contributed by atoms with Crippen LogP contribution in [0, 0.1) is 13.8 Å². The van der Waals surface area contributed by atoms with Crippen molar-refractivity contribution in [2.75, 3.05) is 0 Å². The van der Waals surface area contributed by atoms with Gasteiger partial charge in [0.15, 0.2) is 0 Å². The lowest BCUT2D eigenvalue weighted by Crippen LogP contribution is -2.49. The minimum absolute atomic E-state index is 1.14. The van der Waals surface area contributed by atoms with E-state index in [-0.39, 0.29) is 0 Å². The van der Waals surface area contributed by atoms with Crippen molar-refractivity contribution >= 4 is 31.7 Å². The fourth-order valence-electron chi connectivity index (χ4n) is 4.62. The summed E-state index contributed by atoms with van der Waals surface area (Å²) in [5, 5.41) is 4.59. The first-order chi connectivity index (χ1) is 12.6. The van der Waals surface area contributed by atoms with E-state index >= 15 is 0 Å². The predicted octanol–water partition coefficient (Wildman–Crippen LogP) is 4.71. The number of rotatable bonds is 2. The summed E-state index contributed by atoms with van der Waals surface area (Å²) in [5.41, 5.74) is 8.00. The van der Waals surface area contributed by atoms with Gasteiger partial charge in [0.25, 0.3) is 0 Å². The highest BCUT2D eigenvalue weighted by atomic mass is 28.3. The van der Waals surface area contributed by atoms with Crippen LogP contribution in [-0.2, 0) is 0 Å². The topological polar surface area (TPSA) is 12.9 Å². The minimum atomic E-state index is -1.58. The van der Waals surface area contributed by atoms with Crippen LogP contribution < -0.4 is 15.6 Å². The van der Waals surface area contributed by atoms with Gasteiger partial charge >= 0.3 is 0 Å². The predicted molar refractivity (Wildman–Crippen MR) is 124 cm³/mol. The lowest BCUT2D eigenvalue weighted by molar-refractivity contribution is 1.23. The molecule has 2 aromatic carbocycles. The molecule has 3 heteroatoms. The number of hydrogen-bond acceptors (Lipinski definition) is 1. The Hall–Kier alpha value is -1.98. The Morgan fingerprint density at radius 2 is 1.48 bits per heavy atom. The first kappa shape index (κ1) is 18.4. The van der Waals surface area contributed by atoms with Gasteiger partial charge in [-0.25, -0.2) is 0 Å². The van der Waals surface area contributed by atoms with E-state index in [4.69, 9.17) is 4.98 Å². The van der Waals surface area contributed by atoms with Gasteiger partial charge in [-0.15, -0.1) is 0 Å². The molecule has 0 saturated heterocycles. The van der Waals surface area contributed by atoms with Crippen LogP contribution in [0.15, 0.2) is 48.7 Å². The van der Waals surface area contributed by atoms with Gasteiger partial charge in [0, 0.05) is 11.8 Å². The van der Waals surface area contributed by atoms with Gasteiger partial charge in [0.2, 0.25) is 0 Å². The van der Waals surface area contributed by atoms with Crippen molar-refractivity contribution in [3.8, 4) is 22.4 Å². The molecule has 0 amide bonds. The molecule has 1 aliphatic rings. The van der Waals surface area contributed by atoms with Crippen LogP contribution in [0.2, 0.25) is 32.7 Å². The van der Waals surface area contributed by atoms with Crippen molar-refractivity contribution in [1.29, 1.82) is 0 Å². The normalized spacial score (nSPS) is 14.8. The largest absolute Gasteiger partial charge is 0.256 e. The van der Waals surface area contributed by atoms with Crippen molar-refractivity contribution in [2.24, 2.45) is 0 Å². The van der Waals surface area contributed by atoms with Crippen LogP contribution in [0.4, 0.5) is 0 Å². The summed E-state index contributed by atoms with van der Waals surface area (Å²) in [7, 11) is -2.95. The molecule has 138 valence electrons. The zero-order chi connectivity index (χ0) is 19.6. The van der Waals surface area contributed by atoms with Gasteiger partial charge in [-0.05, 0) is 57.7 Å². The molecule has 2 heterocycles. The van der Waals surface area contributed by atoms with E-state index in [9.17, 15) is 0 Å². The van der Waals surface area contributed by atoms with Crippen molar-refractivity contribution in [1.82, 2.24) is 4.98 Å². The maximum atomic E-state index is 4.94. The van der Waals surface area contributed by atoms with Gasteiger partial charge in [-0.2, -0.15) is 0 Å². The monoisotopic (exact) mass is 387 g/mol. The second-order valence-electron chi connectivity index (χ2n) is 9.45. The van der Waals surface area contributed by atoms with Crippen molar-refractivity contribution in [3.63, 3.8) is 0 Å². The SMILES string of the molecule is Cc1c([Si](C)(C)C)cnc(-c2ccc3c(c2)-c2ccccc2[Si]3(C)C)c1C. The molecule has 1 aromatic heterocycles. The summed E-state index contributed by atoms with van der Waals surface area (Å²) in [5.74, 6) is 0. The number of fused-ring (bicyclic) bond motifs is 3. The third-order valence-corrected chi connectivity index (χ3v) is 12.0. The van der Waals surface area contributed by atoms with Gasteiger partial charge in [-0.3, -0.25) is 4.98 Å². The van der Waals surface area contributed by atoms with E-state index in [1.54, 1.807) is 10.4 Å². The Kier molecular flexibility index (Phi) is 4.09. The molecule has 0 aliphatic carbocycles. The average molecular weight is 388 g/mol. The van der Waals surface area contributed by atoms with E-state index in [0.29, 0.717) is 0 Å². The number of aromatic nitrogens is 1. The molecule has 0 spiro atoms.